The average Bonchev–Trinajstić information content (AvgIpc) is 2.58. The molecule has 7 nitrogen and oxygen atoms in total. The second-order valence-corrected chi connectivity index (χ2v) is 5.37. The first kappa shape index (κ1) is 18.2. The molecule has 0 aliphatic heterocycles. The van der Waals surface area contributed by atoms with Crippen LogP contribution in [0.15, 0.2) is 41.2 Å². The smallest absolute Gasteiger partial charge is 0.274 e. The predicted molar refractivity (Wildman–Crippen MR) is 92.4 cm³/mol. The molecule has 0 spiro atoms. The topological polar surface area (TPSA) is 97.6 Å². The molecule has 0 bridgehead atoms. The van der Waals surface area contributed by atoms with E-state index < -0.39 is 17.2 Å². The van der Waals surface area contributed by atoms with Crippen molar-refractivity contribution in [3.63, 3.8) is 0 Å². The maximum absolute atomic E-state index is 12.3. The minimum Gasteiger partial charge on any atom is -0.507 e. The summed E-state index contributed by atoms with van der Waals surface area (Å²) in [6.45, 7) is 1.65. The highest BCUT2D eigenvalue weighted by atomic mass is 16.6. The van der Waals surface area contributed by atoms with Crippen molar-refractivity contribution in [1.82, 2.24) is 10.0 Å². The Hall–Kier alpha value is -3.19. The zero-order chi connectivity index (χ0) is 18.6. The Bertz CT molecular complexity index is 912. The van der Waals surface area contributed by atoms with Crippen LogP contribution in [0.4, 0.5) is 0 Å². The molecule has 0 unspecified atom stereocenters. The van der Waals surface area contributed by atoms with Gasteiger partial charge in [0.2, 0.25) is 0 Å². The average molecular weight is 342 g/mol. The number of nitrogens with zero attached hydrogens (tertiary/aromatic N) is 1. The van der Waals surface area contributed by atoms with Crippen molar-refractivity contribution in [3.05, 3.63) is 69.1 Å². The predicted octanol–water partition coefficient (Wildman–Crippen LogP) is 1.59. The minimum absolute atomic E-state index is 0.294. The number of hydrogen-bond acceptors (Lipinski definition) is 5. The molecule has 2 rings (SSSR count). The first-order valence-electron chi connectivity index (χ1n) is 7.40. The summed E-state index contributed by atoms with van der Waals surface area (Å²) in [5.74, 6) is -1.40. The second-order valence-electron chi connectivity index (χ2n) is 5.37. The van der Waals surface area contributed by atoms with Crippen LogP contribution in [0.2, 0.25) is 0 Å². The summed E-state index contributed by atoms with van der Waals surface area (Å²) >= 11 is 0. The van der Waals surface area contributed by atoms with E-state index in [1.54, 1.807) is 31.2 Å². The van der Waals surface area contributed by atoms with E-state index in [1.807, 2.05) is 0 Å². The van der Waals surface area contributed by atoms with Crippen LogP contribution < -0.4 is 11.0 Å². The lowest BCUT2D eigenvalue weighted by Crippen LogP contribution is -2.25. The van der Waals surface area contributed by atoms with E-state index in [4.69, 9.17) is 0 Å². The lowest BCUT2D eigenvalue weighted by molar-refractivity contribution is 0.0537. The number of benzene rings is 1. The number of aryl methyl sites for hydroxylation is 1. The summed E-state index contributed by atoms with van der Waals surface area (Å²) < 4.78 is 1.29. The molecule has 130 valence electrons. The van der Waals surface area contributed by atoms with Gasteiger partial charge in [0.15, 0.2) is 5.78 Å². The lowest BCUT2D eigenvalue weighted by Gasteiger charge is -2.07. The Kier molecular flexibility index (Phi) is 5.51. The number of rotatable bonds is 5. The molecular formula is C18H18N2O5. The molecular weight excluding hydrogens is 324 g/mol. The normalized spacial score (nSPS) is 10.8. The third-order valence-corrected chi connectivity index (χ3v) is 3.67. The summed E-state index contributed by atoms with van der Waals surface area (Å²) in [5.41, 5.74) is 2.81. The van der Waals surface area contributed by atoms with Gasteiger partial charge in [-0.2, -0.15) is 0 Å². The number of pyridine rings is 1. The van der Waals surface area contributed by atoms with Crippen LogP contribution in [0, 0.1) is 6.92 Å². The Morgan fingerprint density at radius 1 is 1.28 bits per heavy atom. The van der Waals surface area contributed by atoms with Crippen molar-refractivity contribution in [1.29, 1.82) is 0 Å². The molecule has 2 aromatic rings. The van der Waals surface area contributed by atoms with E-state index in [-0.39, 0.29) is 11.3 Å². The van der Waals surface area contributed by atoms with Gasteiger partial charge in [-0.1, -0.05) is 18.2 Å². The maximum atomic E-state index is 12.3. The number of carbonyl (C=O) groups excluding carboxylic acids is 2. The molecule has 7 heteroatoms. The molecule has 25 heavy (non-hydrogen) atoms. The number of aromatic nitrogens is 1. The standard InChI is InChI=1S/C18H18N2O5/c1-11-9-15(22)16(18(24)20(11)2)14(21)8-7-12-5-4-6-13(10-12)17(23)19-25-3/h4-10,22H,1-3H3,(H,19,23)/b8-7+. The van der Waals surface area contributed by atoms with E-state index in [0.717, 1.165) is 0 Å². The summed E-state index contributed by atoms with van der Waals surface area (Å²) in [7, 11) is 2.85. The van der Waals surface area contributed by atoms with Gasteiger partial charge >= 0.3 is 0 Å². The van der Waals surface area contributed by atoms with Crippen LogP contribution in [0.25, 0.3) is 6.08 Å². The van der Waals surface area contributed by atoms with Gasteiger partial charge in [-0.05, 0) is 30.7 Å². The molecule has 1 heterocycles. The fourth-order valence-electron chi connectivity index (χ4n) is 2.23. The fraction of sp³-hybridized carbons (Fsp3) is 0.167. The Morgan fingerprint density at radius 2 is 2.00 bits per heavy atom. The van der Waals surface area contributed by atoms with Gasteiger partial charge < -0.3 is 9.67 Å². The highest BCUT2D eigenvalue weighted by Gasteiger charge is 2.16. The molecule has 0 aliphatic carbocycles. The van der Waals surface area contributed by atoms with E-state index >= 15 is 0 Å². The monoisotopic (exact) mass is 342 g/mol. The minimum atomic E-state index is -0.621. The zero-order valence-corrected chi connectivity index (χ0v) is 14.1. The summed E-state index contributed by atoms with van der Waals surface area (Å²) in [5, 5.41) is 9.91. The van der Waals surface area contributed by atoms with Crippen molar-refractivity contribution in [2.24, 2.45) is 7.05 Å². The highest BCUT2D eigenvalue weighted by Crippen LogP contribution is 2.16. The summed E-state index contributed by atoms with van der Waals surface area (Å²) in [6, 6.07) is 7.86. The maximum Gasteiger partial charge on any atom is 0.274 e. The Morgan fingerprint density at radius 3 is 2.68 bits per heavy atom. The summed E-state index contributed by atoms with van der Waals surface area (Å²) in [6.07, 6.45) is 2.64. The molecule has 0 aliphatic rings. The summed E-state index contributed by atoms with van der Waals surface area (Å²) in [4.78, 5) is 40.7. The van der Waals surface area contributed by atoms with Crippen LogP contribution in [0.3, 0.4) is 0 Å². The quantitative estimate of drug-likeness (QED) is 0.488. The lowest BCUT2D eigenvalue weighted by atomic mass is 10.1. The van der Waals surface area contributed by atoms with Gasteiger partial charge in [0.05, 0.1) is 7.11 Å². The first-order chi connectivity index (χ1) is 11.8. The molecule has 2 N–H and O–H groups in total. The third-order valence-electron chi connectivity index (χ3n) is 3.67. The van der Waals surface area contributed by atoms with Gasteiger partial charge in [-0.25, -0.2) is 5.48 Å². The largest absolute Gasteiger partial charge is 0.507 e. The van der Waals surface area contributed by atoms with Gasteiger partial charge in [-0.3, -0.25) is 19.2 Å². The van der Waals surface area contributed by atoms with Gasteiger partial charge in [0, 0.05) is 24.4 Å². The van der Waals surface area contributed by atoms with Crippen LogP contribution in [-0.2, 0) is 11.9 Å². The SMILES string of the molecule is CONC(=O)c1cccc(/C=C/C(=O)c2c(O)cc(C)n(C)c2=O)c1. The van der Waals surface area contributed by atoms with Crippen molar-refractivity contribution in [3.8, 4) is 5.75 Å². The van der Waals surface area contributed by atoms with E-state index in [0.29, 0.717) is 16.8 Å². The van der Waals surface area contributed by atoms with Crippen molar-refractivity contribution >= 4 is 17.8 Å². The van der Waals surface area contributed by atoms with Crippen LogP contribution in [-0.4, -0.2) is 28.5 Å². The molecule has 0 saturated carbocycles. The number of hydroxylamine groups is 1. The number of hydrogen-bond donors (Lipinski definition) is 2. The van der Waals surface area contributed by atoms with Gasteiger partial charge in [0.25, 0.3) is 11.5 Å². The molecule has 1 amide bonds. The zero-order valence-electron chi connectivity index (χ0n) is 14.1. The number of aromatic hydroxyl groups is 1. The number of carbonyl (C=O) groups is 2. The number of ketones is 1. The Labute approximate surface area is 144 Å². The van der Waals surface area contributed by atoms with Gasteiger partial charge in [0.1, 0.15) is 11.3 Å². The first-order valence-corrected chi connectivity index (χ1v) is 7.40. The van der Waals surface area contributed by atoms with Crippen LogP contribution in [0.5, 0.6) is 5.75 Å². The van der Waals surface area contributed by atoms with Crippen molar-refractivity contribution in [2.75, 3.05) is 7.11 Å². The molecule has 0 fully saturated rings. The van der Waals surface area contributed by atoms with Crippen molar-refractivity contribution < 1.29 is 19.5 Å². The molecule has 1 aromatic heterocycles. The van der Waals surface area contributed by atoms with E-state index in [1.165, 1.54) is 36.9 Å². The highest BCUT2D eigenvalue weighted by molar-refractivity contribution is 6.08. The second kappa shape index (κ2) is 7.59. The third kappa shape index (κ3) is 4.02. The number of amides is 1. The van der Waals surface area contributed by atoms with Crippen molar-refractivity contribution in [2.45, 2.75) is 6.92 Å². The molecule has 0 atom stereocenters. The van der Waals surface area contributed by atoms with E-state index in [9.17, 15) is 19.5 Å². The molecule has 0 radical (unpaired) electrons. The molecule has 0 saturated heterocycles. The van der Waals surface area contributed by atoms with Crippen LogP contribution >= 0.6 is 0 Å². The number of allylic oxidation sites excluding steroid dienone is 1. The molecule has 1 aromatic carbocycles. The van der Waals surface area contributed by atoms with Gasteiger partial charge in [-0.15, -0.1) is 0 Å². The number of nitrogens with one attached hydrogen (secondary N) is 1. The van der Waals surface area contributed by atoms with Crippen LogP contribution in [0.1, 0.15) is 32.0 Å². The fourth-order valence-corrected chi connectivity index (χ4v) is 2.23. The van der Waals surface area contributed by atoms with E-state index in [2.05, 4.69) is 10.3 Å². The Balaban J connectivity index is 2.30.